The van der Waals surface area contributed by atoms with Gasteiger partial charge in [0.2, 0.25) is 0 Å². The number of nitrogens with one attached hydrogen (secondary N) is 1. The number of imidazole rings is 1. The van der Waals surface area contributed by atoms with Crippen LogP contribution in [0.4, 0.5) is 0 Å². The van der Waals surface area contributed by atoms with E-state index >= 15 is 0 Å². The van der Waals surface area contributed by atoms with Crippen molar-refractivity contribution in [1.82, 2.24) is 14.7 Å². The van der Waals surface area contributed by atoms with Gasteiger partial charge in [-0.15, -0.1) is 0 Å². The molecule has 2 heterocycles. The SMILES string of the molecule is Cc1ccn2c(C(=O)NC3CCCCCCC3)c(C)nc2c1. The monoisotopic (exact) mass is 299 g/mol. The molecule has 0 aliphatic heterocycles. The number of hydrogen-bond acceptors (Lipinski definition) is 2. The van der Waals surface area contributed by atoms with E-state index in [1.54, 1.807) is 0 Å². The first-order valence-corrected chi connectivity index (χ1v) is 8.41. The fraction of sp³-hybridized carbons (Fsp3) is 0.556. The standard InChI is InChI=1S/C18H25N3O/c1-13-10-11-21-16(12-13)19-14(2)17(21)18(22)20-15-8-6-4-3-5-7-9-15/h10-12,15H,3-9H2,1-2H3,(H,20,22). The fourth-order valence-electron chi connectivity index (χ4n) is 3.39. The van der Waals surface area contributed by atoms with Crippen molar-refractivity contribution >= 4 is 11.6 Å². The lowest BCUT2D eigenvalue weighted by molar-refractivity contribution is 0.0924. The van der Waals surface area contributed by atoms with Gasteiger partial charge < -0.3 is 5.32 Å². The normalized spacial score (nSPS) is 17.2. The quantitative estimate of drug-likeness (QED) is 0.917. The van der Waals surface area contributed by atoms with E-state index in [9.17, 15) is 4.79 Å². The van der Waals surface area contributed by atoms with E-state index in [-0.39, 0.29) is 5.91 Å². The molecule has 0 atom stereocenters. The summed E-state index contributed by atoms with van der Waals surface area (Å²) in [6.45, 7) is 3.95. The third kappa shape index (κ3) is 3.16. The van der Waals surface area contributed by atoms with Gasteiger partial charge in [0.15, 0.2) is 0 Å². The Kier molecular flexibility index (Phi) is 4.46. The first kappa shape index (κ1) is 15.1. The summed E-state index contributed by atoms with van der Waals surface area (Å²) in [4.78, 5) is 17.2. The molecule has 4 heteroatoms. The molecule has 1 fully saturated rings. The minimum absolute atomic E-state index is 0.0134. The number of pyridine rings is 1. The van der Waals surface area contributed by atoms with Crippen molar-refractivity contribution in [3.63, 3.8) is 0 Å². The van der Waals surface area contributed by atoms with Gasteiger partial charge in [-0.05, 0) is 44.4 Å². The molecule has 2 aromatic heterocycles. The maximum atomic E-state index is 12.7. The molecule has 1 N–H and O–H groups in total. The molecule has 118 valence electrons. The van der Waals surface area contributed by atoms with Gasteiger partial charge in [-0.2, -0.15) is 0 Å². The molecule has 4 nitrogen and oxygen atoms in total. The van der Waals surface area contributed by atoms with Crippen molar-refractivity contribution < 1.29 is 4.79 Å². The summed E-state index contributed by atoms with van der Waals surface area (Å²) < 4.78 is 1.90. The van der Waals surface area contributed by atoms with Crippen molar-refractivity contribution in [1.29, 1.82) is 0 Å². The molecular formula is C18H25N3O. The highest BCUT2D eigenvalue weighted by Gasteiger charge is 2.20. The maximum absolute atomic E-state index is 12.7. The Bertz CT molecular complexity index is 666. The number of nitrogens with zero attached hydrogens (tertiary/aromatic N) is 2. The third-order valence-corrected chi connectivity index (χ3v) is 4.61. The molecule has 0 saturated heterocycles. The highest BCUT2D eigenvalue weighted by atomic mass is 16.2. The van der Waals surface area contributed by atoms with Crippen molar-refractivity contribution in [3.8, 4) is 0 Å². The van der Waals surface area contributed by atoms with Crippen LogP contribution in [0.25, 0.3) is 5.65 Å². The summed E-state index contributed by atoms with van der Waals surface area (Å²) in [5.41, 5.74) is 3.48. The number of fused-ring (bicyclic) bond motifs is 1. The Labute approximate surface area is 131 Å². The minimum Gasteiger partial charge on any atom is -0.348 e. The predicted octanol–water partition coefficient (Wildman–Crippen LogP) is 3.79. The van der Waals surface area contributed by atoms with Gasteiger partial charge in [0.1, 0.15) is 11.3 Å². The molecule has 0 bridgehead atoms. The van der Waals surface area contributed by atoms with Crippen molar-refractivity contribution in [2.45, 2.75) is 64.8 Å². The van der Waals surface area contributed by atoms with E-state index < -0.39 is 0 Å². The van der Waals surface area contributed by atoms with Crippen LogP contribution in [0.2, 0.25) is 0 Å². The van der Waals surface area contributed by atoms with Crippen LogP contribution in [0.3, 0.4) is 0 Å². The Morgan fingerprint density at radius 2 is 1.86 bits per heavy atom. The number of hydrogen-bond donors (Lipinski definition) is 1. The van der Waals surface area contributed by atoms with Gasteiger partial charge in [0, 0.05) is 12.2 Å². The number of carbonyl (C=O) groups excluding carboxylic acids is 1. The molecule has 3 rings (SSSR count). The van der Waals surface area contributed by atoms with Crippen LogP contribution in [0, 0.1) is 13.8 Å². The molecule has 1 aliphatic rings. The van der Waals surface area contributed by atoms with Crippen molar-refractivity contribution in [2.75, 3.05) is 0 Å². The zero-order valence-corrected chi connectivity index (χ0v) is 13.6. The van der Waals surface area contributed by atoms with Gasteiger partial charge in [0.25, 0.3) is 5.91 Å². The van der Waals surface area contributed by atoms with E-state index in [1.165, 1.54) is 32.1 Å². The van der Waals surface area contributed by atoms with E-state index in [4.69, 9.17) is 0 Å². The molecule has 0 radical (unpaired) electrons. The van der Waals surface area contributed by atoms with E-state index in [0.29, 0.717) is 11.7 Å². The highest BCUT2D eigenvalue weighted by Crippen LogP contribution is 2.19. The van der Waals surface area contributed by atoms with Crippen LogP contribution < -0.4 is 5.32 Å². The van der Waals surface area contributed by atoms with Crippen LogP contribution in [0.1, 0.15) is 66.7 Å². The molecule has 0 aromatic carbocycles. The zero-order chi connectivity index (χ0) is 15.5. The molecular weight excluding hydrogens is 274 g/mol. The topological polar surface area (TPSA) is 46.4 Å². The Morgan fingerprint density at radius 1 is 1.18 bits per heavy atom. The number of aromatic nitrogens is 2. The summed E-state index contributed by atoms with van der Waals surface area (Å²) in [6, 6.07) is 4.34. The van der Waals surface area contributed by atoms with Crippen LogP contribution >= 0.6 is 0 Å². The number of aryl methyl sites for hydroxylation is 2. The second kappa shape index (κ2) is 6.51. The predicted molar refractivity (Wildman–Crippen MR) is 88.2 cm³/mol. The highest BCUT2D eigenvalue weighted by molar-refractivity contribution is 5.94. The molecule has 0 spiro atoms. The minimum atomic E-state index is 0.0134. The first-order valence-electron chi connectivity index (χ1n) is 8.41. The van der Waals surface area contributed by atoms with Gasteiger partial charge >= 0.3 is 0 Å². The van der Waals surface area contributed by atoms with E-state index in [2.05, 4.69) is 10.3 Å². The summed E-state index contributed by atoms with van der Waals surface area (Å²) in [6.07, 6.45) is 10.5. The number of carbonyl (C=O) groups is 1. The van der Waals surface area contributed by atoms with Crippen LogP contribution in [0.15, 0.2) is 18.3 Å². The molecule has 1 saturated carbocycles. The summed E-state index contributed by atoms with van der Waals surface area (Å²) >= 11 is 0. The van der Waals surface area contributed by atoms with Gasteiger partial charge in [-0.1, -0.05) is 32.1 Å². The summed E-state index contributed by atoms with van der Waals surface area (Å²) in [5.74, 6) is 0.0134. The van der Waals surface area contributed by atoms with Crippen LogP contribution in [0.5, 0.6) is 0 Å². The summed E-state index contributed by atoms with van der Waals surface area (Å²) in [7, 11) is 0. The number of amides is 1. The second-order valence-corrected chi connectivity index (χ2v) is 6.49. The lowest BCUT2D eigenvalue weighted by Gasteiger charge is -2.21. The zero-order valence-electron chi connectivity index (χ0n) is 13.6. The number of rotatable bonds is 2. The Morgan fingerprint density at radius 3 is 2.59 bits per heavy atom. The van der Waals surface area contributed by atoms with Crippen molar-refractivity contribution in [2.24, 2.45) is 0 Å². The third-order valence-electron chi connectivity index (χ3n) is 4.61. The maximum Gasteiger partial charge on any atom is 0.270 e. The Hall–Kier alpha value is -1.84. The van der Waals surface area contributed by atoms with E-state index in [0.717, 1.165) is 29.7 Å². The van der Waals surface area contributed by atoms with Gasteiger partial charge in [0.05, 0.1) is 5.69 Å². The molecule has 1 aliphatic carbocycles. The van der Waals surface area contributed by atoms with Crippen molar-refractivity contribution in [3.05, 3.63) is 35.3 Å². The summed E-state index contributed by atoms with van der Waals surface area (Å²) in [5, 5.41) is 3.24. The average molecular weight is 299 g/mol. The molecule has 1 amide bonds. The first-order chi connectivity index (χ1) is 10.6. The van der Waals surface area contributed by atoms with Crippen LogP contribution in [-0.4, -0.2) is 21.3 Å². The van der Waals surface area contributed by atoms with E-state index in [1.807, 2.05) is 36.6 Å². The average Bonchev–Trinajstić information content (AvgIpc) is 2.76. The lowest BCUT2D eigenvalue weighted by Crippen LogP contribution is -2.36. The molecule has 22 heavy (non-hydrogen) atoms. The largest absolute Gasteiger partial charge is 0.348 e. The van der Waals surface area contributed by atoms with Crippen LogP contribution in [-0.2, 0) is 0 Å². The lowest BCUT2D eigenvalue weighted by atomic mass is 9.96. The Balaban J connectivity index is 1.80. The van der Waals surface area contributed by atoms with Gasteiger partial charge in [-0.3, -0.25) is 9.20 Å². The second-order valence-electron chi connectivity index (χ2n) is 6.49. The smallest absolute Gasteiger partial charge is 0.270 e. The molecule has 2 aromatic rings. The molecule has 0 unspecified atom stereocenters. The fourth-order valence-corrected chi connectivity index (χ4v) is 3.39. The van der Waals surface area contributed by atoms with Gasteiger partial charge in [-0.25, -0.2) is 4.98 Å².